The van der Waals surface area contributed by atoms with Crippen molar-refractivity contribution in [2.45, 2.75) is 184 Å². The summed E-state index contributed by atoms with van der Waals surface area (Å²) in [6.07, 6.45) is 5.63. The van der Waals surface area contributed by atoms with E-state index in [4.69, 9.17) is 5.73 Å². The number of carbonyl (C=O) groups excluding carboxylic acids is 7. The van der Waals surface area contributed by atoms with Crippen LogP contribution in [-0.2, 0) is 35.2 Å². The van der Waals surface area contributed by atoms with Gasteiger partial charge in [-0.2, -0.15) is 0 Å². The Balaban J connectivity index is 1.07. The van der Waals surface area contributed by atoms with Gasteiger partial charge in [0.2, 0.25) is 35.4 Å². The standard InChI is InChI=1S/C61H88N10O11/c1-5-7-9-12-41(13-10-8-6-2)42-18-22-45(23-19-42)68-30-32-69(33-31-68)46-24-20-43(21-25-46)55(76)64-49-14-11-29-63-58(79)51-34-44(62)36-70(51)60(81)53(38(3)72)67-57(78)50(28-17-40-15-26-47(74)27-16-40)65-59(80)52-35-48(75)37-71(52)61(82)54(39(4)73)66-56(49)77/h15-16,18-27,38-39,41,44,48-54,72-75H,5-14,17,28-37,62H2,1-4H3,(H,63,79)(H,64,76)(H,65,80)(H,66,77)(H,67,78)/t38?,39?,44-,48+,49-,50?,51?,52?,53?,54?/m0/s1. The van der Waals surface area contributed by atoms with Crippen molar-refractivity contribution in [1.82, 2.24) is 36.4 Å². The van der Waals surface area contributed by atoms with Crippen molar-refractivity contribution < 1.29 is 54.0 Å². The maximum absolute atomic E-state index is 14.5. The summed E-state index contributed by atoms with van der Waals surface area (Å²) >= 11 is 0. The molecular weight excluding hydrogens is 1050 g/mol. The third-order valence-electron chi connectivity index (χ3n) is 16.6. The summed E-state index contributed by atoms with van der Waals surface area (Å²) < 4.78 is 0. The predicted octanol–water partition coefficient (Wildman–Crippen LogP) is 2.71. The normalized spacial score (nSPS) is 25.3. The topological polar surface area (TPSA) is 300 Å². The molecule has 448 valence electrons. The highest BCUT2D eigenvalue weighted by Gasteiger charge is 2.46. The molecule has 7 amide bonds. The van der Waals surface area contributed by atoms with Gasteiger partial charge in [-0.3, -0.25) is 33.6 Å². The third kappa shape index (κ3) is 16.7. The Morgan fingerprint density at radius 1 is 0.671 bits per heavy atom. The lowest BCUT2D eigenvalue weighted by atomic mass is 9.88. The van der Waals surface area contributed by atoms with E-state index in [9.17, 15) is 54.0 Å². The first kappa shape index (κ1) is 62.8. The Kier molecular flexibility index (Phi) is 22.9. The van der Waals surface area contributed by atoms with E-state index in [1.54, 1.807) is 24.3 Å². The van der Waals surface area contributed by atoms with Crippen molar-refractivity contribution in [3.05, 3.63) is 89.5 Å². The molecule has 3 aromatic rings. The lowest BCUT2D eigenvalue weighted by molar-refractivity contribution is -0.145. The fourth-order valence-corrected chi connectivity index (χ4v) is 11.7. The Hall–Kier alpha value is -6.81. The van der Waals surface area contributed by atoms with Crippen LogP contribution < -0.4 is 42.1 Å². The van der Waals surface area contributed by atoms with E-state index in [2.05, 4.69) is 74.5 Å². The first-order valence-electron chi connectivity index (χ1n) is 29.7. The molecule has 21 nitrogen and oxygen atoms in total. The van der Waals surface area contributed by atoms with Crippen LogP contribution in [0, 0.1) is 0 Å². The van der Waals surface area contributed by atoms with Crippen molar-refractivity contribution in [2.24, 2.45) is 5.73 Å². The molecule has 4 aliphatic rings. The molecule has 0 saturated carbocycles. The van der Waals surface area contributed by atoms with E-state index in [1.165, 1.54) is 93.5 Å². The number of unbranched alkanes of at least 4 members (excludes halogenated alkanes) is 4. The van der Waals surface area contributed by atoms with Crippen LogP contribution in [0.15, 0.2) is 72.8 Å². The zero-order chi connectivity index (χ0) is 59.0. The largest absolute Gasteiger partial charge is 0.508 e. The number of phenolic OH excluding ortho intramolecular Hbond substituents is 1. The molecule has 21 heteroatoms. The second-order valence-corrected chi connectivity index (χ2v) is 22.9. The number of hydrogen-bond acceptors (Lipinski definition) is 14. The summed E-state index contributed by atoms with van der Waals surface area (Å²) in [4.78, 5) is 107. The highest BCUT2D eigenvalue weighted by molar-refractivity contribution is 6.00. The Bertz CT molecular complexity index is 2600. The number of aromatic hydroxyl groups is 1. The number of benzene rings is 3. The summed E-state index contributed by atoms with van der Waals surface area (Å²) in [5.74, 6) is -4.88. The summed E-state index contributed by atoms with van der Waals surface area (Å²) in [7, 11) is 0. The van der Waals surface area contributed by atoms with Crippen molar-refractivity contribution in [1.29, 1.82) is 0 Å². The maximum atomic E-state index is 14.5. The number of nitrogens with two attached hydrogens (primary N) is 1. The van der Waals surface area contributed by atoms with Gasteiger partial charge in [-0.25, -0.2) is 0 Å². The third-order valence-corrected chi connectivity index (χ3v) is 16.6. The SMILES string of the molecule is CCCCCC(CCCCC)c1ccc(N2CCN(c3ccc(C(=O)N[C@H]4CCCNC(=O)C5C[C@H](N)CN5C(=O)C(C(C)O)NC(=O)C(CCc5ccc(O)cc5)NC(=O)C5C[C@@H](O)CN5C(=O)C(C(C)O)NC4=O)cc3)CC2)cc1. The van der Waals surface area contributed by atoms with Gasteiger partial charge in [-0.1, -0.05) is 76.6 Å². The van der Waals surface area contributed by atoms with Crippen molar-refractivity contribution in [3.8, 4) is 5.75 Å². The number of anilines is 2. The number of phenols is 1. The zero-order valence-electron chi connectivity index (χ0n) is 48.1. The zero-order valence-corrected chi connectivity index (χ0v) is 48.1. The van der Waals surface area contributed by atoms with Crippen LogP contribution in [0.4, 0.5) is 11.4 Å². The second kappa shape index (κ2) is 30.0. The van der Waals surface area contributed by atoms with Gasteiger partial charge < -0.3 is 72.3 Å². The summed E-state index contributed by atoms with van der Waals surface area (Å²) in [5.41, 5.74) is 10.8. The molecule has 0 aliphatic carbocycles. The van der Waals surface area contributed by atoms with E-state index >= 15 is 0 Å². The summed E-state index contributed by atoms with van der Waals surface area (Å²) in [6, 6.07) is 13.3. The first-order chi connectivity index (χ1) is 39.3. The van der Waals surface area contributed by atoms with Crippen LogP contribution in [0.1, 0.15) is 139 Å². The highest BCUT2D eigenvalue weighted by atomic mass is 16.3. The summed E-state index contributed by atoms with van der Waals surface area (Å²) in [5, 5.41) is 56.3. The second-order valence-electron chi connectivity index (χ2n) is 22.9. The number of piperazine rings is 1. The van der Waals surface area contributed by atoms with Crippen LogP contribution in [0.5, 0.6) is 5.75 Å². The first-order valence-corrected chi connectivity index (χ1v) is 29.7. The molecular formula is C61H88N10O11. The van der Waals surface area contributed by atoms with Gasteiger partial charge in [0.15, 0.2) is 0 Å². The number of amides is 7. The van der Waals surface area contributed by atoms with Gasteiger partial charge >= 0.3 is 0 Å². The van der Waals surface area contributed by atoms with Crippen molar-refractivity contribution in [2.75, 3.05) is 55.6 Å². The Morgan fingerprint density at radius 2 is 1.21 bits per heavy atom. The number of fused-ring (bicyclic) bond motifs is 2. The van der Waals surface area contributed by atoms with Gasteiger partial charge in [-0.05, 0) is 124 Å². The molecule has 4 heterocycles. The molecule has 7 unspecified atom stereocenters. The number of aliphatic hydroxyl groups is 3. The number of aryl methyl sites for hydroxylation is 1. The molecule has 11 N–H and O–H groups in total. The van der Waals surface area contributed by atoms with Crippen LogP contribution in [0.25, 0.3) is 0 Å². The van der Waals surface area contributed by atoms with Gasteiger partial charge in [0.05, 0.1) is 18.3 Å². The van der Waals surface area contributed by atoms with Crippen LogP contribution >= 0.6 is 0 Å². The maximum Gasteiger partial charge on any atom is 0.251 e. The highest BCUT2D eigenvalue weighted by Crippen LogP contribution is 2.31. The molecule has 4 fully saturated rings. The lowest BCUT2D eigenvalue weighted by Gasteiger charge is -2.37. The van der Waals surface area contributed by atoms with E-state index in [-0.39, 0.29) is 69.5 Å². The van der Waals surface area contributed by atoms with E-state index in [0.29, 0.717) is 11.5 Å². The lowest BCUT2D eigenvalue weighted by Crippen LogP contribution is -2.61. The number of carbonyl (C=O) groups is 7. The quantitative estimate of drug-likeness (QED) is 0.0820. The predicted molar refractivity (Wildman–Crippen MR) is 312 cm³/mol. The van der Waals surface area contributed by atoms with E-state index in [0.717, 1.165) is 36.8 Å². The average molecular weight is 1140 g/mol. The van der Waals surface area contributed by atoms with Gasteiger partial charge in [0.1, 0.15) is 42.0 Å². The van der Waals surface area contributed by atoms with Crippen molar-refractivity contribution in [3.63, 3.8) is 0 Å². The average Bonchev–Trinajstić information content (AvgIpc) is 4.23. The van der Waals surface area contributed by atoms with Crippen molar-refractivity contribution >= 4 is 52.7 Å². The number of nitrogens with one attached hydrogen (secondary N) is 5. The van der Waals surface area contributed by atoms with Gasteiger partial charge in [-0.15, -0.1) is 0 Å². The van der Waals surface area contributed by atoms with Gasteiger partial charge in [0.25, 0.3) is 5.91 Å². The summed E-state index contributed by atoms with van der Waals surface area (Å²) in [6.45, 7) is 9.74. The minimum absolute atomic E-state index is 0.00798. The Labute approximate surface area is 482 Å². The molecule has 0 bridgehead atoms. The number of rotatable bonds is 18. The molecule has 0 radical (unpaired) electrons. The Morgan fingerprint density at radius 3 is 1.77 bits per heavy atom. The van der Waals surface area contributed by atoms with Crippen LogP contribution in [0.3, 0.4) is 0 Å². The van der Waals surface area contributed by atoms with E-state index in [1.807, 2.05) is 12.1 Å². The molecule has 82 heavy (non-hydrogen) atoms. The fourth-order valence-electron chi connectivity index (χ4n) is 11.7. The van der Waals surface area contributed by atoms with Gasteiger partial charge in [0, 0.05) is 75.2 Å². The number of nitrogens with zero attached hydrogens (tertiary/aromatic N) is 4. The molecule has 0 aromatic heterocycles. The van der Waals surface area contributed by atoms with Crippen LogP contribution in [0.2, 0.25) is 0 Å². The smallest absolute Gasteiger partial charge is 0.251 e. The number of aliphatic hydroxyl groups excluding tert-OH is 3. The molecule has 0 spiro atoms. The minimum atomic E-state index is -1.67. The molecule has 4 saturated heterocycles. The fraction of sp³-hybridized carbons (Fsp3) is 0.590. The van der Waals surface area contributed by atoms with Crippen LogP contribution in [-0.4, -0.2) is 178 Å². The number of hydrogen-bond donors (Lipinski definition) is 10. The molecule has 10 atom stereocenters. The molecule has 7 rings (SSSR count). The minimum Gasteiger partial charge on any atom is -0.508 e. The monoisotopic (exact) mass is 1140 g/mol. The molecule has 4 aliphatic heterocycles. The van der Waals surface area contributed by atoms with E-state index < -0.39 is 102 Å². The molecule has 3 aromatic carbocycles.